The molecule has 23 heteroatoms. The van der Waals surface area contributed by atoms with Crippen LogP contribution in [-0.2, 0) is 20.3 Å². The van der Waals surface area contributed by atoms with E-state index >= 15 is 0 Å². The molecule has 0 amide bonds. The third-order valence-electron chi connectivity index (χ3n) is 4.53. The van der Waals surface area contributed by atoms with Gasteiger partial charge in [-0.1, -0.05) is 32.1 Å². The molecule has 0 atom stereocenters. The fourth-order valence-electron chi connectivity index (χ4n) is 2.28. The minimum Gasteiger partial charge on any atom is -0.210 e. The van der Waals surface area contributed by atoms with Gasteiger partial charge in [-0.2, -0.15) is 69.9 Å². The molecule has 0 heterocycles. The van der Waals surface area contributed by atoms with Gasteiger partial charge in [0.05, 0.1) is 0 Å². The van der Waals surface area contributed by atoms with E-state index in [0.717, 1.165) is 10.1 Å². The summed E-state index contributed by atoms with van der Waals surface area (Å²) in [5.41, 5.74) is 0. The Balaban J connectivity index is 0. The number of nitrogens with one attached hydrogen (secondary N) is 1. The molecule has 0 aromatic carbocycles. The van der Waals surface area contributed by atoms with Crippen molar-refractivity contribution in [3.05, 3.63) is 0 Å². The predicted molar refractivity (Wildman–Crippen MR) is 107 cm³/mol. The molecule has 5 nitrogen and oxygen atoms in total. The van der Waals surface area contributed by atoms with E-state index in [1.165, 1.54) is 0 Å². The van der Waals surface area contributed by atoms with Gasteiger partial charge in [-0.15, -0.1) is 0 Å². The number of hydrogen-bond donors (Lipinski definition) is 1. The molecule has 1 N–H and O–H groups in total. The van der Waals surface area contributed by atoms with Gasteiger partial charge >= 0.3 is 41.8 Å². The van der Waals surface area contributed by atoms with Crippen LogP contribution in [0.3, 0.4) is 0 Å². The predicted octanol–water partition coefficient (Wildman–Crippen LogP) is 6.58. The lowest BCUT2D eigenvalue weighted by Gasteiger charge is -2.33. The molecule has 0 radical (unpaired) electrons. The van der Waals surface area contributed by atoms with E-state index in [9.17, 15) is 87.1 Å². The lowest BCUT2D eigenvalue weighted by Crippen LogP contribution is -2.64. The van der Waals surface area contributed by atoms with Crippen LogP contribution in [0, 0.1) is 0 Å². The number of rotatable bonds is 15. The van der Waals surface area contributed by atoms with Crippen LogP contribution in [0.25, 0.3) is 0 Å². The average molecular weight is 671 g/mol. The molecule has 0 aliphatic rings. The zero-order valence-corrected chi connectivity index (χ0v) is 21.1. The van der Waals surface area contributed by atoms with Gasteiger partial charge in [0, 0.05) is 11.9 Å². The lowest BCUT2D eigenvalue weighted by molar-refractivity contribution is -0.382. The molecule has 242 valence electrons. The Kier molecular flexibility index (Phi) is 15.3. The van der Waals surface area contributed by atoms with E-state index in [0.29, 0.717) is 38.5 Å². The van der Waals surface area contributed by atoms with Crippen molar-refractivity contribution in [3.8, 4) is 0 Å². The van der Waals surface area contributed by atoms with Crippen molar-refractivity contribution >= 4 is 25.7 Å². The quantitative estimate of drug-likeness (QED) is 0.121. The van der Waals surface area contributed by atoms with E-state index in [2.05, 4.69) is 0 Å². The van der Waals surface area contributed by atoms with Crippen molar-refractivity contribution in [3.63, 3.8) is 0 Å². The first kappa shape index (κ1) is 40.6. The fourth-order valence-corrected chi connectivity index (χ4v) is 3.70. The summed E-state index contributed by atoms with van der Waals surface area (Å²) in [5, 5.41) is -5.63. The third-order valence-corrected chi connectivity index (χ3v) is 6.56. The Labute approximate surface area is 217 Å². The molecule has 0 aromatic rings. The summed E-state index contributed by atoms with van der Waals surface area (Å²) in [5.74, 6) is -20.4. The van der Waals surface area contributed by atoms with Gasteiger partial charge in [0.1, 0.15) is 0 Å². The summed E-state index contributed by atoms with van der Waals surface area (Å²) >= 11 is 0. The molecule has 0 bridgehead atoms. The molecule has 0 saturated carbocycles. The standard InChI is InChI=1S/C14H20F9NO4S2.C3HF7/c15-11(16,13(19,20)21)12(17,18)14(22,23)30(27,28)24-9-7-5-3-1-2-4-6-8-10-29(25)26;4-1(5)2(6,7)3(8,9)10/h10,24H,1-9H2;1H. The first-order chi connectivity index (χ1) is 17.6. The van der Waals surface area contributed by atoms with E-state index in [4.69, 9.17) is 0 Å². The van der Waals surface area contributed by atoms with Crippen LogP contribution < -0.4 is 4.72 Å². The van der Waals surface area contributed by atoms with Crippen LogP contribution in [0.1, 0.15) is 51.4 Å². The maximum absolute atomic E-state index is 13.4. The van der Waals surface area contributed by atoms with E-state index in [1.807, 2.05) is 0 Å². The number of unbranched alkanes of at least 4 members (excludes halogenated alkanes) is 7. The normalized spacial score (nSPS) is 14.1. The SMILES string of the molecule is FC(F)C(F)(F)C(F)(F)F.O=S(=O)=CCCCCCCCCCNS(=O)(=O)C(F)(F)C(F)(F)C(F)(F)C(F)(F)F. The number of halogens is 16. The Morgan fingerprint density at radius 3 is 1.35 bits per heavy atom. The number of hydrogen-bond acceptors (Lipinski definition) is 4. The van der Waals surface area contributed by atoms with E-state index in [1.54, 1.807) is 0 Å². The Bertz CT molecular complexity index is 997. The van der Waals surface area contributed by atoms with E-state index < -0.39 is 68.7 Å². The minimum absolute atomic E-state index is 0.153. The molecule has 0 aliphatic heterocycles. The number of sulfonamides is 1. The molecule has 0 aliphatic carbocycles. The van der Waals surface area contributed by atoms with Crippen LogP contribution in [-0.4, -0.2) is 70.5 Å². The monoisotopic (exact) mass is 671 g/mol. The Morgan fingerprint density at radius 2 is 1.02 bits per heavy atom. The smallest absolute Gasteiger partial charge is 0.210 e. The first-order valence-electron chi connectivity index (χ1n) is 10.4. The van der Waals surface area contributed by atoms with Crippen molar-refractivity contribution < 1.29 is 87.1 Å². The molecule has 0 rings (SSSR count). The summed E-state index contributed by atoms with van der Waals surface area (Å²) in [6.07, 6.45) is -14.5. The van der Waals surface area contributed by atoms with Gasteiger partial charge in [0.15, 0.2) is 0 Å². The van der Waals surface area contributed by atoms with Gasteiger partial charge in [-0.25, -0.2) is 21.9 Å². The van der Waals surface area contributed by atoms with Gasteiger partial charge in [-0.3, -0.25) is 0 Å². The first-order valence-corrected chi connectivity index (χ1v) is 13.1. The van der Waals surface area contributed by atoms with Crippen molar-refractivity contribution in [2.24, 2.45) is 0 Å². The Morgan fingerprint density at radius 1 is 0.625 bits per heavy atom. The van der Waals surface area contributed by atoms with Crippen LogP contribution in [0.15, 0.2) is 0 Å². The van der Waals surface area contributed by atoms with Crippen LogP contribution in [0.4, 0.5) is 70.2 Å². The van der Waals surface area contributed by atoms with Crippen molar-refractivity contribution in [1.29, 1.82) is 0 Å². The maximum Gasteiger partial charge on any atom is 0.460 e. The largest absolute Gasteiger partial charge is 0.460 e. The van der Waals surface area contributed by atoms with Gasteiger partial charge in [0.2, 0.25) is 10.3 Å². The summed E-state index contributed by atoms with van der Waals surface area (Å²) < 4.78 is 235. The van der Waals surface area contributed by atoms with Crippen LogP contribution in [0.2, 0.25) is 0 Å². The van der Waals surface area contributed by atoms with Crippen LogP contribution in [0.5, 0.6) is 0 Å². The highest BCUT2D eigenvalue weighted by Gasteiger charge is 2.85. The second-order valence-corrected chi connectivity index (χ2v) is 10.3. The molecule has 0 fully saturated rings. The lowest BCUT2D eigenvalue weighted by atomic mass is 10.1. The van der Waals surface area contributed by atoms with Crippen LogP contribution >= 0.6 is 0 Å². The highest BCUT2D eigenvalue weighted by molar-refractivity contribution is 7.90. The van der Waals surface area contributed by atoms with Gasteiger partial charge in [0.25, 0.3) is 10.0 Å². The highest BCUT2D eigenvalue weighted by Crippen LogP contribution is 2.54. The summed E-state index contributed by atoms with van der Waals surface area (Å²) in [6.45, 7) is -0.865. The molecule has 0 saturated heterocycles. The molecule has 0 spiro atoms. The van der Waals surface area contributed by atoms with Gasteiger partial charge < -0.3 is 0 Å². The molecular formula is C17H21F16NO4S2. The summed E-state index contributed by atoms with van der Waals surface area (Å²) in [7, 11) is -8.78. The Hall–Kier alpha value is -1.52. The highest BCUT2D eigenvalue weighted by atomic mass is 32.2. The second kappa shape index (κ2) is 15.1. The maximum atomic E-state index is 13.4. The fraction of sp³-hybridized carbons (Fsp3) is 0.941. The zero-order chi connectivity index (χ0) is 32.4. The zero-order valence-electron chi connectivity index (χ0n) is 19.5. The summed E-state index contributed by atoms with van der Waals surface area (Å²) in [4.78, 5) is 0. The minimum atomic E-state index is -7.28. The van der Waals surface area contributed by atoms with Crippen molar-refractivity contribution in [2.45, 2.75) is 93.2 Å². The molecule has 40 heavy (non-hydrogen) atoms. The third kappa shape index (κ3) is 11.0. The molecule has 0 unspecified atom stereocenters. The summed E-state index contributed by atoms with van der Waals surface area (Å²) in [6, 6.07) is 0. The topological polar surface area (TPSA) is 80.3 Å². The second-order valence-electron chi connectivity index (χ2n) is 7.67. The average Bonchev–Trinajstić information content (AvgIpc) is 2.75. The molecule has 0 aromatic heterocycles. The van der Waals surface area contributed by atoms with E-state index in [-0.39, 0.29) is 12.8 Å². The van der Waals surface area contributed by atoms with Gasteiger partial charge in [-0.05, 0) is 19.3 Å². The van der Waals surface area contributed by atoms with Crippen molar-refractivity contribution in [2.75, 3.05) is 6.54 Å². The molecular weight excluding hydrogens is 650 g/mol. The number of alkyl halides is 16. The van der Waals surface area contributed by atoms with Crippen molar-refractivity contribution in [1.82, 2.24) is 4.72 Å².